The van der Waals surface area contributed by atoms with Crippen molar-refractivity contribution in [1.29, 1.82) is 0 Å². The molecule has 0 amide bonds. The second-order valence-electron chi connectivity index (χ2n) is 4.12. The van der Waals surface area contributed by atoms with Crippen LogP contribution in [0.25, 0.3) is 0 Å². The van der Waals surface area contributed by atoms with Crippen molar-refractivity contribution < 1.29 is 0 Å². The van der Waals surface area contributed by atoms with E-state index in [-0.39, 0.29) is 0 Å². The van der Waals surface area contributed by atoms with Crippen molar-refractivity contribution in [3.63, 3.8) is 0 Å². The molecule has 1 rings (SSSR count). The number of aliphatic imine (C=N–C) groups is 1. The van der Waals surface area contributed by atoms with Crippen LogP contribution in [0.15, 0.2) is 23.3 Å². The largest absolute Gasteiger partial charge is 0.370 e. The molecule has 0 fully saturated rings. The lowest BCUT2D eigenvalue weighted by atomic mass is 10.2. The number of nitrogens with one attached hydrogen (secondary N) is 1. The molecule has 0 unspecified atom stereocenters. The summed E-state index contributed by atoms with van der Waals surface area (Å²) in [7, 11) is 0. The van der Waals surface area contributed by atoms with Gasteiger partial charge in [0.25, 0.3) is 0 Å². The van der Waals surface area contributed by atoms with E-state index < -0.39 is 0 Å². The standard InChI is InChI=1S/C12H20N4/c1-9(2)16-12(13)14-7-6-11-5-4-10(3)15-8-11/h4-5,8-9H,6-7H2,1-3H3,(H3,13,14,16). The minimum absolute atomic E-state index is 0.324. The number of nitrogens with zero attached hydrogens (tertiary/aromatic N) is 2. The van der Waals surface area contributed by atoms with Crippen LogP contribution < -0.4 is 11.1 Å². The van der Waals surface area contributed by atoms with Crippen molar-refractivity contribution in [3.05, 3.63) is 29.6 Å². The Morgan fingerprint density at radius 3 is 2.81 bits per heavy atom. The minimum atomic E-state index is 0.324. The lowest BCUT2D eigenvalue weighted by Gasteiger charge is -2.08. The monoisotopic (exact) mass is 220 g/mol. The van der Waals surface area contributed by atoms with Gasteiger partial charge >= 0.3 is 0 Å². The van der Waals surface area contributed by atoms with E-state index in [2.05, 4.69) is 21.4 Å². The molecule has 3 N–H and O–H groups in total. The van der Waals surface area contributed by atoms with Gasteiger partial charge in [0.1, 0.15) is 0 Å². The maximum Gasteiger partial charge on any atom is 0.188 e. The number of aromatic nitrogens is 1. The number of rotatable bonds is 4. The van der Waals surface area contributed by atoms with Crippen molar-refractivity contribution in [1.82, 2.24) is 10.3 Å². The van der Waals surface area contributed by atoms with Crippen LogP contribution in [-0.4, -0.2) is 23.5 Å². The Balaban J connectivity index is 2.37. The second kappa shape index (κ2) is 6.10. The number of hydrogen-bond donors (Lipinski definition) is 2. The zero-order chi connectivity index (χ0) is 12.0. The molecular formula is C12H20N4. The Hall–Kier alpha value is -1.58. The van der Waals surface area contributed by atoms with Crippen molar-refractivity contribution in [2.45, 2.75) is 33.2 Å². The van der Waals surface area contributed by atoms with Crippen LogP contribution in [-0.2, 0) is 6.42 Å². The highest BCUT2D eigenvalue weighted by Crippen LogP contribution is 2.00. The normalized spacial score (nSPS) is 11.9. The van der Waals surface area contributed by atoms with E-state index in [9.17, 15) is 0 Å². The number of aryl methyl sites for hydroxylation is 1. The van der Waals surface area contributed by atoms with E-state index in [1.807, 2.05) is 33.0 Å². The number of nitrogens with two attached hydrogens (primary N) is 1. The van der Waals surface area contributed by atoms with Gasteiger partial charge in [0, 0.05) is 24.5 Å². The molecule has 0 saturated carbocycles. The Bertz CT molecular complexity index is 341. The third kappa shape index (κ3) is 4.77. The highest BCUT2D eigenvalue weighted by molar-refractivity contribution is 5.78. The molecule has 16 heavy (non-hydrogen) atoms. The summed E-state index contributed by atoms with van der Waals surface area (Å²) < 4.78 is 0. The summed E-state index contributed by atoms with van der Waals surface area (Å²) in [5.41, 5.74) is 7.91. The molecule has 1 aromatic rings. The SMILES string of the molecule is Cc1ccc(CCN=C(N)NC(C)C)cn1. The summed E-state index contributed by atoms with van der Waals surface area (Å²) in [5.74, 6) is 0.509. The zero-order valence-electron chi connectivity index (χ0n) is 10.2. The van der Waals surface area contributed by atoms with Crippen LogP contribution in [0.1, 0.15) is 25.1 Å². The predicted octanol–water partition coefficient (Wildman–Crippen LogP) is 1.25. The zero-order valence-corrected chi connectivity index (χ0v) is 10.2. The molecule has 4 heteroatoms. The Labute approximate surface area is 97.0 Å². The molecule has 0 spiro atoms. The average molecular weight is 220 g/mol. The lowest BCUT2D eigenvalue weighted by Crippen LogP contribution is -2.36. The maximum atomic E-state index is 5.69. The average Bonchev–Trinajstić information content (AvgIpc) is 2.20. The summed E-state index contributed by atoms with van der Waals surface area (Å²) in [6, 6.07) is 4.41. The van der Waals surface area contributed by atoms with Crippen LogP contribution in [0.3, 0.4) is 0 Å². The van der Waals surface area contributed by atoms with E-state index >= 15 is 0 Å². The van der Waals surface area contributed by atoms with Gasteiger partial charge < -0.3 is 11.1 Å². The van der Waals surface area contributed by atoms with Gasteiger partial charge in [-0.1, -0.05) is 6.07 Å². The van der Waals surface area contributed by atoms with Crippen molar-refractivity contribution in [2.75, 3.05) is 6.54 Å². The van der Waals surface area contributed by atoms with Crippen molar-refractivity contribution >= 4 is 5.96 Å². The molecule has 0 bridgehead atoms. The van der Waals surface area contributed by atoms with Gasteiger partial charge in [0.2, 0.25) is 0 Å². The molecular weight excluding hydrogens is 200 g/mol. The first-order valence-corrected chi connectivity index (χ1v) is 5.56. The molecule has 1 heterocycles. The molecule has 0 saturated heterocycles. The molecule has 0 aromatic carbocycles. The van der Waals surface area contributed by atoms with E-state index in [0.717, 1.165) is 12.1 Å². The molecule has 0 atom stereocenters. The lowest BCUT2D eigenvalue weighted by molar-refractivity contribution is 0.723. The number of pyridine rings is 1. The fourth-order valence-electron chi connectivity index (χ4n) is 1.29. The molecule has 4 nitrogen and oxygen atoms in total. The van der Waals surface area contributed by atoms with Gasteiger partial charge in [-0.3, -0.25) is 9.98 Å². The van der Waals surface area contributed by atoms with Gasteiger partial charge in [0.05, 0.1) is 0 Å². The predicted molar refractivity (Wildman–Crippen MR) is 67.4 cm³/mol. The number of guanidine groups is 1. The van der Waals surface area contributed by atoms with Crippen molar-refractivity contribution in [2.24, 2.45) is 10.7 Å². The summed E-state index contributed by atoms with van der Waals surface area (Å²) in [6.45, 7) is 6.74. The van der Waals surface area contributed by atoms with E-state index in [1.54, 1.807) is 0 Å². The highest BCUT2D eigenvalue weighted by Gasteiger charge is 1.95. The third-order valence-corrected chi connectivity index (χ3v) is 2.09. The summed E-state index contributed by atoms with van der Waals surface area (Å²) in [5, 5.41) is 3.05. The first-order chi connectivity index (χ1) is 7.58. The van der Waals surface area contributed by atoms with E-state index in [1.165, 1.54) is 5.56 Å². The van der Waals surface area contributed by atoms with E-state index in [0.29, 0.717) is 18.5 Å². The Kier molecular flexibility index (Phi) is 4.76. The highest BCUT2D eigenvalue weighted by atomic mass is 15.1. The fourth-order valence-corrected chi connectivity index (χ4v) is 1.29. The smallest absolute Gasteiger partial charge is 0.188 e. The molecule has 0 aliphatic heterocycles. The second-order valence-corrected chi connectivity index (χ2v) is 4.12. The van der Waals surface area contributed by atoms with Gasteiger partial charge in [-0.25, -0.2) is 0 Å². The van der Waals surface area contributed by atoms with Crippen LogP contribution in [0.4, 0.5) is 0 Å². The first-order valence-electron chi connectivity index (χ1n) is 5.56. The summed E-state index contributed by atoms with van der Waals surface area (Å²) >= 11 is 0. The molecule has 88 valence electrons. The summed E-state index contributed by atoms with van der Waals surface area (Å²) in [4.78, 5) is 8.47. The van der Waals surface area contributed by atoms with Gasteiger partial charge in [0.15, 0.2) is 5.96 Å². The minimum Gasteiger partial charge on any atom is -0.370 e. The molecule has 0 aliphatic rings. The first kappa shape index (κ1) is 12.5. The topological polar surface area (TPSA) is 63.3 Å². The molecule has 0 radical (unpaired) electrons. The van der Waals surface area contributed by atoms with Crippen LogP contribution >= 0.6 is 0 Å². The fraction of sp³-hybridized carbons (Fsp3) is 0.500. The summed E-state index contributed by atoms with van der Waals surface area (Å²) in [6.07, 6.45) is 2.75. The number of hydrogen-bond acceptors (Lipinski definition) is 2. The maximum absolute atomic E-state index is 5.69. The third-order valence-electron chi connectivity index (χ3n) is 2.09. The Morgan fingerprint density at radius 2 is 2.25 bits per heavy atom. The van der Waals surface area contributed by atoms with Crippen molar-refractivity contribution in [3.8, 4) is 0 Å². The quantitative estimate of drug-likeness (QED) is 0.593. The van der Waals surface area contributed by atoms with Gasteiger partial charge in [-0.05, 0) is 38.8 Å². The van der Waals surface area contributed by atoms with Crippen LogP contribution in [0, 0.1) is 6.92 Å². The van der Waals surface area contributed by atoms with E-state index in [4.69, 9.17) is 5.73 Å². The van der Waals surface area contributed by atoms with Crippen LogP contribution in [0.2, 0.25) is 0 Å². The molecule has 1 aromatic heterocycles. The van der Waals surface area contributed by atoms with Gasteiger partial charge in [-0.15, -0.1) is 0 Å². The Morgan fingerprint density at radius 1 is 1.50 bits per heavy atom. The van der Waals surface area contributed by atoms with Crippen LogP contribution in [0.5, 0.6) is 0 Å². The molecule has 0 aliphatic carbocycles. The van der Waals surface area contributed by atoms with Gasteiger partial charge in [-0.2, -0.15) is 0 Å².